The Bertz CT molecular complexity index is 126. The molecule has 0 spiro atoms. The second kappa shape index (κ2) is 6.68. The lowest BCUT2D eigenvalue weighted by molar-refractivity contribution is 0.124. The molecule has 2 nitrogen and oxygen atoms in total. The van der Waals surface area contributed by atoms with Gasteiger partial charge in [0.15, 0.2) is 0 Å². The largest absolute Gasteiger partial charge is 0.380 e. The second-order valence-electron chi connectivity index (χ2n) is 3.64. The molecule has 1 heterocycles. The van der Waals surface area contributed by atoms with Gasteiger partial charge in [-0.3, -0.25) is 0 Å². The van der Waals surface area contributed by atoms with Gasteiger partial charge in [-0.25, -0.2) is 0 Å². The summed E-state index contributed by atoms with van der Waals surface area (Å²) in [6.45, 7) is 5.92. The molecule has 78 valence electrons. The van der Waals surface area contributed by atoms with E-state index >= 15 is 0 Å². The average molecular weight is 203 g/mol. The number of hydrogen-bond acceptors (Lipinski definition) is 3. The van der Waals surface area contributed by atoms with Crippen molar-refractivity contribution in [3.8, 4) is 0 Å². The van der Waals surface area contributed by atoms with Crippen LogP contribution in [0.25, 0.3) is 0 Å². The van der Waals surface area contributed by atoms with Gasteiger partial charge in [0.25, 0.3) is 0 Å². The highest BCUT2D eigenvalue weighted by Gasteiger charge is 2.15. The van der Waals surface area contributed by atoms with Crippen molar-refractivity contribution < 1.29 is 4.74 Å². The van der Waals surface area contributed by atoms with E-state index in [0.29, 0.717) is 12.1 Å². The minimum atomic E-state index is 0.503. The first-order valence-electron chi connectivity index (χ1n) is 5.24. The van der Waals surface area contributed by atoms with E-state index in [1.165, 1.54) is 24.3 Å². The maximum absolute atomic E-state index is 5.37. The minimum Gasteiger partial charge on any atom is -0.380 e. The maximum atomic E-state index is 5.37. The summed E-state index contributed by atoms with van der Waals surface area (Å²) in [5.74, 6) is 2.62. The normalized spacial score (nSPS) is 25.8. The predicted molar refractivity (Wildman–Crippen MR) is 59.4 cm³/mol. The van der Waals surface area contributed by atoms with Gasteiger partial charge in [-0.1, -0.05) is 0 Å². The third-order valence-corrected chi connectivity index (χ3v) is 3.47. The molecule has 0 amide bonds. The second-order valence-corrected chi connectivity index (χ2v) is 4.79. The molecule has 0 aromatic rings. The van der Waals surface area contributed by atoms with Crippen LogP contribution < -0.4 is 5.32 Å². The van der Waals surface area contributed by atoms with Gasteiger partial charge in [0, 0.05) is 24.4 Å². The molecule has 0 radical (unpaired) electrons. The van der Waals surface area contributed by atoms with Crippen molar-refractivity contribution in [2.45, 2.75) is 38.8 Å². The Kier molecular flexibility index (Phi) is 5.83. The lowest BCUT2D eigenvalue weighted by Gasteiger charge is -2.26. The molecule has 0 aromatic carbocycles. The van der Waals surface area contributed by atoms with E-state index in [0.717, 1.165) is 13.2 Å². The number of thioether (sulfide) groups is 1. The molecule has 2 atom stereocenters. The zero-order valence-electron chi connectivity index (χ0n) is 8.71. The Labute approximate surface area is 85.8 Å². The molecule has 1 N–H and O–H groups in total. The van der Waals surface area contributed by atoms with Crippen LogP contribution in [0.2, 0.25) is 0 Å². The predicted octanol–water partition coefficient (Wildman–Crippen LogP) is 1.90. The van der Waals surface area contributed by atoms with Crippen molar-refractivity contribution >= 4 is 11.8 Å². The summed E-state index contributed by atoms with van der Waals surface area (Å²) in [5.41, 5.74) is 0. The smallest absolute Gasteiger partial charge is 0.0616 e. The molecular formula is C10H21NOS. The van der Waals surface area contributed by atoms with Crippen molar-refractivity contribution in [1.29, 1.82) is 0 Å². The van der Waals surface area contributed by atoms with Crippen molar-refractivity contribution in [2.75, 3.05) is 24.7 Å². The molecule has 1 fully saturated rings. The lowest BCUT2D eigenvalue weighted by Crippen LogP contribution is -2.42. The SMILES string of the molecule is CCOCC(C)NC1CCCSC1. The van der Waals surface area contributed by atoms with Crippen LogP contribution in [0.4, 0.5) is 0 Å². The summed E-state index contributed by atoms with van der Waals surface area (Å²) in [4.78, 5) is 0. The van der Waals surface area contributed by atoms with Gasteiger partial charge < -0.3 is 10.1 Å². The van der Waals surface area contributed by atoms with Gasteiger partial charge in [0.1, 0.15) is 0 Å². The molecule has 0 aliphatic carbocycles. The van der Waals surface area contributed by atoms with E-state index in [4.69, 9.17) is 4.74 Å². The van der Waals surface area contributed by atoms with E-state index in [9.17, 15) is 0 Å². The fraction of sp³-hybridized carbons (Fsp3) is 1.00. The fourth-order valence-electron chi connectivity index (χ4n) is 1.62. The summed E-state index contributed by atoms with van der Waals surface area (Å²) < 4.78 is 5.37. The fourth-order valence-corrected chi connectivity index (χ4v) is 2.70. The summed E-state index contributed by atoms with van der Waals surface area (Å²) >= 11 is 2.07. The lowest BCUT2D eigenvalue weighted by atomic mass is 10.1. The molecular weight excluding hydrogens is 182 g/mol. The van der Waals surface area contributed by atoms with Crippen LogP contribution in [0.1, 0.15) is 26.7 Å². The highest BCUT2D eigenvalue weighted by atomic mass is 32.2. The third-order valence-electron chi connectivity index (χ3n) is 2.25. The number of nitrogens with one attached hydrogen (secondary N) is 1. The van der Waals surface area contributed by atoms with Crippen molar-refractivity contribution in [1.82, 2.24) is 5.32 Å². The standard InChI is InChI=1S/C10H21NOS/c1-3-12-7-9(2)11-10-5-4-6-13-8-10/h9-11H,3-8H2,1-2H3. The summed E-state index contributed by atoms with van der Waals surface area (Å²) in [6.07, 6.45) is 2.70. The molecule has 0 saturated carbocycles. The molecule has 0 bridgehead atoms. The molecule has 13 heavy (non-hydrogen) atoms. The Morgan fingerprint density at radius 1 is 1.62 bits per heavy atom. The molecule has 1 aliphatic rings. The minimum absolute atomic E-state index is 0.503. The summed E-state index contributed by atoms with van der Waals surface area (Å²) in [7, 11) is 0. The van der Waals surface area contributed by atoms with Gasteiger partial charge in [0.2, 0.25) is 0 Å². The topological polar surface area (TPSA) is 21.3 Å². The molecule has 1 saturated heterocycles. The highest BCUT2D eigenvalue weighted by Crippen LogP contribution is 2.17. The molecule has 1 aliphatic heterocycles. The van der Waals surface area contributed by atoms with Crippen LogP contribution in [0.3, 0.4) is 0 Å². The molecule has 1 rings (SSSR count). The first-order valence-corrected chi connectivity index (χ1v) is 6.40. The van der Waals surface area contributed by atoms with Gasteiger partial charge in [-0.15, -0.1) is 0 Å². The maximum Gasteiger partial charge on any atom is 0.0616 e. The van der Waals surface area contributed by atoms with Crippen LogP contribution in [0.15, 0.2) is 0 Å². The van der Waals surface area contributed by atoms with Crippen LogP contribution in [-0.4, -0.2) is 36.8 Å². The van der Waals surface area contributed by atoms with Gasteiger partial charge in [0.05, 0.1) is 6.61 Å². The Morgan fingerprint density at radius 3 is 3.08 bits per heavy atom. The molecule has 2 unspecified atom stereocenters. The zero-order valence-corrected chi connectivity index (χ0v) is 9.53. The van der Waals surface area contributed by atoms with Crippen LogP contribution in [0.5, 0.6) is 0 Å². The highest BCUT2D eigenvalue weighted by molar-refractivity contribution is 7.99. The molecule has 3 heteroatoms. The van der Waals surface area contributed by atoms with E-state index in [-0.39, 0.29) is 0 Å². The summed E-state index contributed by atoms with van der Waals surface area (Å²) in [6, 6.07) is 1.22. The van der Waals surface area contributed by atoms with E-state index in [1.54, 1.807) is 0 Å². The Balaban J connectivity index is 2.07. The monoisotopic (exact) mass is 203 g/mol. The Hall–Kier alpha value is 0.270. The first-order chi connectivity index (χ1) is 6.33. The van der Waals surface area contributed by atoms with E-state index in [1.807, 2.05) is 6.92 Å². The van der Waals surface area contributed by atoms with E-state index in [2.05, 4.69) is 24.0 Å². The van der Waals surface area contributed by atoms with Crippen LogP contribution >= 0.6 is 11.8 Å². The van der Waals surface area contributed by atoms with Crippen molar-refractivity contribution in [2.24, 2.45) is 0 Å². The number of rotatable bonds is 5. The van der Waals surface area contributed by atoms with Gasteiger partial charge in [-0.2, -0.15) is 11.8 Å². The number of ether oxygens (including phenoxy) is 1. The molecule has 0 aromatic heterocycles. The Morgan fingerprint density at radius 2 is 2.46 bits per heavy atom. The van der Waals surface area contributed by atoms with Crippen molar-refractivity contribution in [3.05, 3.63) is 0 Å². The van der Waals surface area contributed by atoms with Crippen molar-refractivity contribution in [3.63, 3.8) is 0 Å². The van der Waals surface area contributed by atoms with Gasteiger partial charge in [-0.05, 0) is 32.4 Å². The average Bonchev–Trinajstić information content (AvgIpc) is 2.16. The summed E-state index contributed by atoms with van der Waals surface area (Å²) in [5, 5.41) is 3.61. The van der Waals surface area contributed by atoms with E-state index < -0.39 is 0 Å². The van der Waals surface area contributed by atoms with Crippen LogP contribution in [-0.2, 0) is 4.74 Å². The quantitative estimate of drug-likeness (QED) is 0.737. The third kappa shape index (κ3) is 4.89. The number of hydrogen-bond donors (Lipinski definition) is 1. The van der Waals surface area contributed by atoms with Gasteiger partial charge >= 0.3 is 0 Å². The first kappa shape index (κ1) is 11.3. The van der Waals surface area contributed by atoms with Crippen LogP contribution in [0, 0.1) is 0 Å². The zero-order chi connectivity index (χ0) is 9.52.